The fourth-order valence-electron chi connectivity index (χ4n) is 5.50. The summed E-state index contributed by atoms with van der Waals surface area (Å²) in [5, 5.41) is 21.5. The second-order valence-corrected chi connectivity index (χ2v) is 11.3. The molecule has 1 atom stereocenters. The van der Waals surface area contributed by atoms with E-state index < -0.39 is 6.10 Å². The lowest BCUT2D eigenvalue weighted by Gasteiger charge is -2.39. The van der Waals surface area contributed by atoms with E-state index in [1.54, 1.807) is 6.07 Å². The molecule has 0 bridgehead atoms. The van der Waals surface area contributed by atoms with Crippen molar-refractivity contribution in [2.45, 2.75) is 57.2 Å². The van der Waals surface area contributed by atoms with E-state index in [0.29, 0.717) is 30.3 Å². The molecule has 2 N–H and O–H groups in total. The van der Waals surface area contributed by atoms with Crippen molar-refractivity contribution >= 4 is 17.5 Å². The van der Waals surface area contributed by atoms with Gasteiger partial charge in [-0.1, -0.05) is 18.5 Å². The van der Waals surface area contributed by atoms with Gasteiger partial charge < -0.3 is 29.5 Å². The highest BCUT2D eigenvalue weighted by Crippen LogP contribution is 2.42. The fraction of sp³-hybridized carbons (Fsp3) is 0.552. The van der Waals surface area contributed by atoms with Crippen LogP contribution in [0.3, 0.4) is 0 Å². The van der Waals surface area contributed by atoms with Gasteiger partial charge in [0, 0.05) is 63.1 Å². The van der Waals surface area contributed by atoms with Crippen molar-refractivity contribution in [2.24, 2.45) is 5.92 Å². The quantitative estimate of drug-likeness (QED) is 0.472. The summed E-state index contributed by atoms with van der Waals surface area (Å²) in [6.45, 7) is 5.67. The van der Waals surface area contributed by atoms with Gasteiger partial charge in [0.1, 0.15) is 35.6 Å². The van der Waals surface area contributed by atoms with Crippen molar-refractivity contribution < 1.29 is 24.5 Å². The van der Waals surface area contributed by atoms with Crippen molar-refractivity contribution in [3.8, 4) is 17.2 Å². The van der Waals surface area contributed by atoms with Crippen molar-refractivity contribution in [3.63, 3.8) is 0 Å². The van der Waals surface area contributed by atoms with Gasteiger partial charge >= 0.3 is 0 Å². The van der Waals surface area contributed by atoms with Gasteiger partial charge in [-0.2, -0.15) is 0 Å². The highest BCUT2D eigenvalue weighted by Gasteiger charge is 2.42. The normalized spacial score (nSPS) is 19.3. The van der Waals surface area contributed by atoms with E-state index in [9.17, 15) is 15.0 Å². The summed E-state index contributed by atoms with van der Waals surface area (Å²) >= 11 is 6.15. The van der Waals surface area contributed by atoms with Crippen LogP contribution >= 0.6 is 11.6 Å². The molecule has 2 heterocycles. The highest BCUT2D eigenvalue weighted by molar-refractivity contribution is 6.30. The maximum Gasteiger partial charge on any atom is 0.257 e. The molecule has 1 saturated carbocycles. The Balaban J connectivity index is 1.14. The van der Waals surface area contributed by atoms with E-state index >= 15 is 0 Å². The van der Waals surface area contributed by atoms with Gasteiger partial charge in [-0.3, -0.25) is 4.79 Å². The maximum atomic E-state index is 13.3. The Kier molecular flexibility index (Phi) is 7.84. The molecular formula is C29H37ClN2O5. The van der Waals surface area contributed by atoms with E-state index in [4.69, 9.17) is 21.1 Å². The number of aliphatic hydroxyl groups excluding tert-OH is 1. The molecule has 0 radical (unpaired) electrons. The van der Waals surface area contributed by atoms with Gasteiger partial charge in [-0.25, -0.2) is 0 Å². The molecule has 2 aliphatic heterocycles. The molecule has 5 rings (SSSR count). The standard InChI is InChI=1S/C29H37ClN2O5/c1-2-11-32(17-20-3-4-20)28(35)25-7-6-23(33)15-27(25)36-19-24(34)18-31-12-9-29(10-13-31)16-21-14-22(30)5-8-26(21)37-29/h5-8,14-15,20,24,33-34H,2-4,9-13,16-19H2,1H3/t24-/m1/s1. The Hall–Kier alpha value is -2.48. The number of hydrogen-bond acceptors (Lipinski definition) is 6. The van der Waals surface area contributed by atoms with Crippen LogP contribution < -0.4 is 9.47 Å². The third-order valence-corrected chi connectivity index (χ3v) is 7.92. The number of carbonyl (C=O) groups is 1. The lowest BCUT2D eigenvalue weighted by molar-refractivity contribution is -0.00202. The molecule has 2 aromatic rings. The molecule has 1 saturated heterocycles. The molecule has 1 spiro atoms. The van der Waals surface area contributed by atoms with Gasteiger partial charge in [-0.05, 0) is 61.1 Å². The number of aromatic hydroxyl groups is 1. The monoisotopic (exact) mass is 528 g/mol. The number of carbonyl (C=O) groups excluding carboxylic acids is 1. The number of ether oxygens (including phenoxy) is 2. The van der Waals surface area contributed by atoms with Crippen LogP contribution in [0.25, 0.3) is 0 Å². The molecule has 0 aromatic heterocycles. The Labute approximate surface area is 223 Å². The summed E-state index contributed by atoms with van der Waals surface area (Å²) in [6.07, 6.45) is 5.13. The maximum absolute atomic E-state index is 13.3. The molecule has 200 valence electrons. The number of fused-ring (bicyclic) bond motifs is 1. The Morgan fingerprint density at radius 2 is 2.03 bits per heavy atom. The number of nitrogens with zero attached hydrogens (tertiary/aromatic N) is 2. The van der Waals surface area contributed by atoms with Gasteiger partial charge in [0.2, 0.25) is 0 Å². The minimum Gasteiger partial charge on any atom is -0.508 e. The lowest BCUT2D eigenvalue weighted by Crippen LogP contribution is -2.49. The zero-order valence-corrected chi connectivity index (χ0v) is 22.3. The summed E-state index contributed by atoms with van der Waals surface area (Å²) < 4.78 is 12.2. The van der Waals surface area contributed by atoms with Gasteiger partial charge in [0.25, 0.3) is 5.91 Å². The topological polar surface area (TPSA) is 82.5 Å². The molecular weight excluding hydrogens is 492 g/mol. The molecule has 37 heavy (non-hydrogen) atoms. The molecule has 2 fully saturated rings. The third-order valence-electron chi connectivity index (χ3n) is 7.68. The summed E-state index contributed by atoms with van der Waals surface area (Å²) in [6, 6.07) is 10.4. The Morgan fingerprint density at radius 1 is 1.24 bits per heavy atom. The summed E-state index contributed by atoms with van der Waals surface area (Å²) in [7, 11) is 0. The first-order valence-electron chi connectivity index (χ1n) is 13.5. The number of amides is 1. The van der Waals surface area contributed by atoms with Gasteiger partial charge in [0.05, 0.1) is 5.56 Å². The minimum absolute atomic E-state index is 0.0328. The number of hydrogen-bond donors (Lipinski definition) is 2. The molecule has 8 heteroatoms. The number of piperidine rings is 1. The van der Waals surface area contributed by atoms with E-state index in [2.05, 4.69) is 11.8 Å². The number of β-amino-alcohol motifs (C(OH)–C–C–N with tert-alkyl or cyclic N) is 1. The molecule has 1 aliphatic carbocycles. The first-order chi connectivity index (χ1) is 17.8. The predicted molar refractivity (Wildman–Crippen MR) is 143 cm³/mol. The van der Waals surface area contributed by atoms with Crippen LogP contribution in [-0.4, -0.2) is 77.0 Å². The summed E-state index contributed by atoms with van der Waals surface area (Å²) in [5.41, 5.74) is 1.41. The summed E-state index contributed by atoms with van der Waals surface area (Å²) in [5.74, 6) is 1.78. The average Bonchev–Trinajstić information content (AvgIpc) is 3.63. The van der Waals surface area contributed by atoms with Gasteiger partial charge in [0.15, 0.2) is 0 Å². The second-order valence-electron chi connectivity index (χ2n) is 10.9. The number of phenolic OH excluding ortho intramolecular Hbond substituents is 1. The number of rotatable bonds is 10. The first kappa shape index (κ1) is 26.1. The SMILES string of the molecule is CCCN(CC1CC1)C(=O)c1ccc(O)cc1OC[C@H](O)CN1CCC2(CC1)Cc1cc(Cl)ccc1O2. The van der Waals surface area contributed by atoms with Crippen molar-refractivity contribution in [2.75, 3.05) is 39.3 Å². The zero-order valence-electron chi connectivity index (χ0n) is 21.5. The fourth-order valence-corrected chi connectivity index (χ4v) is 5.69. The van der Waals surface area contributed by atoms with Crippen LogP contribution in [0.1, 0.15) is 54.9 Å². The molecule has 1 amide bonds. The van der Waals surface area contributed by atoms with Gasteiger partial charge in [-0.15, -0.1) is 0 Å². The first-order valence-corrected chi connectivity index (χ1v) is 13.8. The van der Waals surface area contributed by atoms with Crippen LogP contribution in [0.4, 0.5) is 0 Å². The van der Waals surface area contributed by atoms with Crippen LogP contribution in [-0.2, 0) is 6.42 Å². The number of aliphatic hydroxyl groups is 1. The molecule has 7 nitrogen and oxygen atoms in total. The third kappa shape index (κ3) is 6.33. The van der Waals surface area contributed by atoms with Crippen molar-refractivity contribution in [1.29, 1.82) is 0 Å². The molecule has 3 aliphatic rings. The van der Waals surface area contributed by atoms with Crippen LogP contribution in [0.15, 0.2) is 36.4 Å². The number of halogens is 1. The number of phenols is 1. The smallest absolute Gasteiger partial charge is 0.257 e. The van der Waals surface area contributed by atoms with Crippen LogP contribution in [0.2, 0.25) is 5.02 Å². The van der Waals surface area contributed by atoms with Crippen LogP contribution in [0.5, 0.6) is 17.2 Å². The van der Waals surface area contributed by atoms with Crippen LogP contribution in [0, 0.1) is 5.92 Å². The zero-order chi connectivity index (χ0) is 26.0. The van der Waals surface area contributed by atoms with E-state index in [1.165, 1.54) is 30.5 Å². The molecule has 0 unspecified atom stereocenters. The second kappa shape index (κ2) is 11.1. The minimum atomic E-state index is -0.724. The average molecular weight is 529 g/mol. The number of benzene rings is 2. The lowest BCUT2D eigenvalue weighted by atomic mass is 9.87. The summed E-state index contributed by atoms with van der Waals surface area (Å²) in [4.78, 5) is 17.4. The van der Waals surface area contributed by atoms with E-state index in [0.717, 1.165) is 56.1 Å². The van der Waals surface area contributed by atoms with Crippen molar-refractivity contribution in [3.05, 3.63) is 52.5 Å². The Bertz CT molecular complexity index is 1110. The highest BCUT2D eigenvalue weighted by atomic mass is 35.5. The predicted octanol–water partition coefficient (Wildman–Crippen LogP) is 4.52. The number of likely N-dealkylation sites (tertiary alicyclic amines) is 1. The van der Waals surface area contributed by atoms with Crippen molar-refractivity contribution in [1.82, 2.24) is 9.80 Å². The van der Waals surface area contributed by atoms with E-state index in [1.807, 2.05) is 23.1 Å². The van der Waals surface area contributed by atoms with E-state index in [-0.39, 0.29) is 23.9 Å². The largest absolute Gasteiger partial charge is 0.508 e. The Morgan fingerprint density at radius 3 is 2.76 bits per heavy atom. The molecule has 2 aromatic carbocycles.